The van der Waals surface area contributed by atoms with Crippen molar-refractivity contribution >= 4 is 11.3 Å². The number of hydrogen-bond acceptors (Lipinski definition) is 3. The Hall–Kier alpha value is -1.16. The zero-order valence-corrected chi connectivity index (χ0v) is 11.5. The lowest BCUT2D eigenvalue weighted by atomic mass is 10.1. The molecule has 2 rings (SSSR count). The Morgan fingerprint density at radius 2 is 2.06 bits per heavy atom. The van der Waals surface area contributed by atoms with E-state index in [-0.39, 0.29) is 0 Å². The summed E-state index contributed by atoms with van der Waals surface area (Å²) in [5.74, 6) is 0. The van der Waals surface area contributed by atoms with E-state index in [1.807, 2.05) is 11.3 Å². The van der Waals surface area contributed by atoms with Crippen molar-refractivity contribution in [3.05, 3.63) is 57.8 Å². The van der Waals surface area contributed by atoms with Gasteiger partial charge >= 0.3 is 0 Å². The van der Waals surface area contributed by atoms with Gasteiger partial charge in [0.05, 0.1) is 6.61 Å². The number of methoxy groups -OCH3 is 1. The van der Waals surface area contributed by atoms with Gasteiger partial charge in [-0.3, -0.25) is 0 Å². The molecule has 0 radical (unpaired) electrons. The van der Waals surface area contributed by atoms with Gasteiger partial charge in [0.25, 0.3) is 0 Å². The van der Waals surface area contributed by atoms with Crippen LogP contribution in [0.3, 0.4) is 0 Å². The molecule has 2 nitrogen and oxygen atoms in total. The molecule has 1 aromatic heterocycles. The molecule has 0 fully saturated rings. The van der Waals surface area contributed by atoms with Crippen LogP contribution in [0.2, 0.25) is 0 Å². The number of thiophene rings is 1. The number of nitrogens with one attached hydrogen (secondary N) is 1. The molecule has 0 bridgehead atoms. The Morgan fingerprint density at radius 1 is 1.17 bits per heavy atom. The van der Waals surface area contributed by atoms with Crippen LogP contribution < -0.4 is 5.32 Å². The fourth-order valence-corrected chi connectivity index (χ4v) is 2.60. The fraction of sp³-hybridized carbons (Fsp3) is 0.333. The monoisotopic (exact) mass is 261 g/mol. The van der Waals surface area contributed by atoms with Crippen molar-refractivity contribution in [2.75, 3.05) is 13.7 Å². The Kier molecular flexibility index (Phi) is 5.39. The van der Waals surface area contributed by atoms with E-state index in [0.717, 1.165) is 19.5 Å². The minimum atomic E-state index is 0.684. The smallest absolute Gasteiger partial charge is 0.0713 e. The first-order valence-corrected chi connectivity index (χ1v) is 7.06. The number of ether oxygens (including phenoxy) is 1. The van der Waals surface area contributed by atoms with Gasteiger partial charge in [-0.2, -0.15) is 0 Å². The zero-order chi connectivity index (χ0) is 12.6. The van der Waals surface area contributed by atoms with Gasteiger partial charge in [0, 0.05) is 25.1 Å². The van der Waals surface area contributed by atoms with Gasteiger partial charge in [0.1, 0.15) is 0 Å². The lowest BCUT2D eigenvalue weighted by Crippen LogP contribution is -2.16. The first kappa shape index (κ1) is 13.3. The Labute approximate surface area is 113 Å². The van der Waals surface area contributed by atoms with Crippen LogP contribution in [0.1, 0.15) is 16.0 Å². The maximum Gasteiger partial charge on any atom is 0.0713 e. The van der Waals surface area contributed by atoms with Crippen LogP contribution in [0.15, 0.2) is 41.8 Å². The van der Waals surface area contributed by atoms with Crippen LogP contribution in [-0.4, -0.2) is 13.7 Å². The summed E-state index contributed by atoms with van der Waals surface area (Å²) in [5, 5.41) is 5.60. The summed E-state index contributed by atoms with van der Waals surface area (Å²) in [6, 6.07) is 12.8. The van der Waals surface area contributed by atoms with Crippen molar-refractivity contribution in [2.24, 2.45) is 0 Å². The Morgan fingerprint density at radius 3 is 2.83 bits per heavy atom. The van der Waals surface area contributed by atoms with E-state index >= 15 is 0 Å². The summed E-state index contributed by atoms with van der Waals surface area (Å²) in [5.41, 5.74) is 2.55. The normalized spacial score (nSPS) is 10.7. The topological polar surface area (TPSA) is 21.3 Å². The van der Waals surface area contributed by atoms with Crippen molar-refractivity contribution in [3.8, 4) is 0 Å². The summed E-state index contributed by atoms with van der Waals surface area (Å²) >= 11 is 1.82. The van der Waals surface area contributed by atoms with Crippen molar-refractivity contribution in [3.63, 3.8) is 0 Å². The molecule has 2 aromatic rings. The van der Waals surface area contributed by atoms with E-state index in [9.17, 15) is 0 Å². The Bertz CT molecular complexity index is 453. The molecule has 1 N–H and O–H groups in total. The first-order valence-electron chi connectivity index (χ1n) is 6.18. The SMILES string of the molecule is COCc1cccc(CNCCc2cccs2)c1. The third kappa shape index (κ3) is 4.26. The first-order chi connectivity index (χ1) is 8.88. The number of hydrogen-bond donors (Lipinski definition) is 1. The molecular formula is C15H19NOS. The molecular weight excluding hydrogens is 242 g/mol. The number of benzene rings is 1. The number of rotatable bonds is 7. The minimum Gasteiger partial charge on any atom is -0.380 e. The molecule has 0 saturated heterocycles. The maximum absolute atomic E-state index is 5.14. The summed E-state index contributed by atoms with van der Waals surface area (Å²) in [7, 11) is 1.73. The van der Waals surface area contributed by atoms with Gasteiger partial charge in [0.2, 0.25) is 0 Å². The second-order valence-corrected chi connectivity index (χ2v) is 5.29. The average molecular weight is 261 g/mol. The molecule has 18 heavy (non-hydrogen) atoms. The maximum atomic E-state index is 5.14. The van der Waals surface area contributed by atoms with E-state index in [2.05, 4.69) is 47.1 Å². The summed E-state index contributed by atoms with van der Waals surface area (Å²) in [6.45, 7) is 2.63. The third-order valence-corrected chi connectivity index (χ3v) is 3.70. The van der Waals surface area contributed by atoms with Gasteiger partial charge in [-0.25, -0.2) is 0 Å². The molecule has 0 aliphatic carbocycles. The van der Waals surface area contributed by atoms with Gasteiger partial charge < -0.3 is 10.1 Å². The van der Waals surface area contributed by atoms with Crippen LogP contribution in [0.4, 0.5) is 0 Å². The molecule has 0 saturated carbocycles. The highest BCUT2D eigenvalue weighted by Crippen LogP contribution is 2.09. The quantitative estimate of drug-likeness (QED) is 0.773. The zero-order valence-electron chi connectivity index (χ0n) is 10.7. The molecule has 1 aromatic carbocycles. The third-order valence-electron chi connectivity index (χ3n) is 2.76. The van der Waals surface area contributed by atoms with Crippen molar-refractivity contribution in [1.82, 2.24) is 5.32 Å². The highest BCUT2D eigenvalue weighted by Gasteiger charge is 1.97. The largest absolute Gasteiger partial charge is 0.380 e. The van der Waals surface area contributed by atoms with E-state index in [4.69, 9.17) is 4.74 Å². The van der Waals surface area contributed by atoms with E-state index in [1.165, 1.54) is 16.0 Å². The molecule has 1 heterocycles. The van der Waals surface area contributed by atoms with E-state index in [0.29, 0.717) is 6.61 Å². The fourth-order valence-electron chi connectivity index (χ4n) is 1.90. The molecule has 0 atom stereocenters. The highest BCUT2D eigenvalue weighted by atomic mass is 32.1. The molecule has 0 unspecified atom stereocenters. The Balaban J connectivity index is 1.74. The molecule has 3 heteroatoms. The molecule has 0 aliphatic heterocycles. The summed E-state index contributed by atoms with van der Waals surface area (Å²) in [6.07, 6.45) is 1.11. The van der Waals surface area contributed by atoms with Gasteiger partial charge in [0.15, 0.2) is 0 Å². The second-order valence-electron chi connectivity index (χ2n) is 4.26. The van der Waals surface area contributed by atoms with Gasteiger partial charge in [-0.15, -0.1) is 11.3 Å². The summed E-state index contributed by atoms with van der Waals surface area (Å²) in [4.78, 5) is 1.44. The lowest BCUT2D eigenvalue weighted by Gasteiger charge is -2.06. The van der Waals surface area contributed by atoms with Crippen molar-refractivity contribution in [1.29, 1.82) is 0 Å². The van der Waals surface area contributed by atoms with E-state index < -0.39 is 0 Å². The standard InChI is InChI=1S/C15H19NOS/c1-17-12-14-5-2-4-13(10-14)11-16-8-7-15-6-3-9-18-15/h2-6,9-10,16H,7-8,11-12H2,1H3. The molecule has 0 amide bonds. The van der Waals surface area contributed by atoms with E-state index in [1.54, 1.807) is 7.11 Å². The van der Waals surface area contributed by atoms with Crippen LogP contribution >= 0.6 is 11.3 Å². The molecule has 0 spiro atoms. The minimum absolute atomic E-state index is 0.684. The lowest BCUT2D eigenvalue weighted by molar-refractivity contribution is 0.185. The summed E-state index contributed by atoms with van der Waals surface area (Å²) < 4.78 is 5.14. The van der Waals surface area contributed by atoms with Crippen LogP contribution in [0.5, 0.6) is 0 Å². The molecule has 0 aliphatic rings. The predicted molar refractivity (Wildman–Crippen MR) is 76.9 cm³/mol. The van der Waals surface area contributed by atoms with Crippen LogP contribution in [0.25, 0.3) is 0 Å². The van der Waals surface area contributed by atoms with Gasteiger partial charge in [-0.05, 0) is 29.0 Å². The van der Waals surface area contributed by atoms with Gasteiger partial charge in [-0.1, -0.05) is 30.3 Å². The van der Waals surface area contributed by atoms with Crippen LogP contribution in [0, 0.1) is 0 Å². The average Bonchev–Trinajstić information content (AvgIpc) is 2.89. The second kappa shape index (κ2) is 7.31. The molecule has 96 valence electrons. The highest BCUT2D eigenvalue weighted by molar-refractivity contribution is 7.09. The predicted octanol–water partition coefficient (Wildman–Crippen LogP) is 3.23. The van der Waals surface area contributed by atoms with Crippen molar-refractivity contribution in [2.45, 2.75) is 19.6 Å². The van der Waals surface area contributed by atoms with Crippen molar-refractivity contribution < 1.29 is 4.74 Å². The van der Waals surface area contributed by atoms with Crippen LogP contribution in [-0.2, 0) is 24.3 Å².